The van der Waals surface area contributed by atoms with Gasteiger partial charge < -0.3 is 10.2 Å². The van der Waals surface area contributed by atoms with Crippen molar-refractivity contribution in [3.63, 3.8) is 0 Å². The summed E-state index contributed by atoms with van der Waals surface area (Å²) in [7, 11) is 0. The lowest BCUT2D eigenvalue weighted by atomic mass is 10.1. The second kappa shape index (κ2) is 8.89. The minimum absolute atomic E-state index is 0.00454. The normalized spacial score (nSPS) is 20.2. The number of nitrogens with one attached hydrogen (secondary N) is 1. The Bertz CT molecular complexity index is 1030. The van der Waals surface area contributed by atoms with E-state index in [4.69, 9.17) is 0 Å². The highest BCUT2D eigenvalue weighted by molar-refractivity contribution is 8.03. The summed E-state index contributed by atoms with van der Waals surface area (Å²) in [6.45, 7) is -0.0350. The number of fused-ring (bicyclic) bond motifs is 1. The number of carbonyl (C=O) groups is 3. The zero-order chi connectivity index (χ0) is 22.0. The van der Waals surface area contributed by atoms with E-state index in [2.05, 4.69) is 5.32 Å². The lowest BCUT2D eigenvalue weighted by molar-refractivity contribution is -0.133. The number of benzene rings is 2. The number of amides is 4. The highest BCUT2D eigenvalue weighted by atomic mass is 32.2. The Morgan fingerprint density at radius 2 is 1.58 bits per heavy atom. The standard InChI is InChI=1S/C22H19F2N3O3S/c23-16-5-1-14(2-6-16)11-25-19(28)13-26-18-9-10-31-20(18)21(29)27(22(26)30)12-15-3-7-17(24)8-4-15/h1-10,18,20H,11-13H2,(H,25,28). The molecule has 1 N–H and O–H groups in total. The van der Waals surface area contributed by atoms with Crippen LogP contribution in [-0.4, -0.2) is 45.5 Å². The third-order valence-corrected chi connectivity index (χ3v) is 6.22. The lowest BCUT2D eigenvalue weighted by Gasteiger charge is -2.40. The molecular formula is C22H19F2N3O3S. The molecule has 0 aliphatic carbocycles. The Balaban J connectivity index is 1.45. The molecule has 0 aromatic heterocycles. The number of thioether (sulfide) groups is 1. The number of urea groups is 1. The first-order valence-electron chi connectivity index (χ1n) is 9.62. The first-order chi connectivity index (χ1) is 14.9. The van der Waals surface area contributed by atoms with Gasteiger partial charge in [-0.15, -0.1) is 11.8 Å². The van der Waals surface area contributed by atoms with Gasteiger partial charge in [0.25, 0.3) is 0 Å². The van der Waals surface area contributed by atoms with Gasteiger partial charge in [-0.2, -0.15) is 0 Å². The van der Waals surface area contributed by atoms with Gasteiger partial charge in [-0.05, 0) is 40.8 Å². The maximum absolute atomic E-state index is 13.2. The smallest absolute Gasteiger partial charge is 0.328 e. The summed E-state index contributed by atoms with van der Waals surface area (Å²) >= 11 is 1.30. The van der Waals surface area contributed by atoms with E-state index >= 15 is 0 Å². The van der Waals surface area contributed by atoms with Gasteiger partial charge in [0.1, 0.15) is 23.4 Å². The summed E-state index contributed by atoms with van der Waals surface area (Å²) in [5.41, 5.74) is 1.33. The fraction of sp³-hybridized carbons (Fsp3) is 0.227. The molecule has 2 heterocycles. The van der Waals surface area contributed by atoms with Crippen LogP contribution in [0.3, 0.4) is 0 Å². The number of rotatable bonds is 6. The molecule has 4 amide bonds. The van der Waals surface area contributed by atoms with E-state index in [-0.39, 0.29) is 31.4 Å². The van der Waals surface area contributed by atoms with Crippen molar-refractivity contribution in [2.24, 2.45) is 0 Å². The molecule has 0 saturated carbocycles. The van der Waals surface area contributed by atoms with Crippen LogP contribution >= 0.6 is 11.8 Å². The number of hydrogen-bond donors (Lipinski definition) is 1. The van der Waals surface area contributed by atoms with Crippen LogP contribution in [0.4, 0.5) is 13.6 Å². The van der Waals surface area contributed by atoms with Crippen molar-refractivity contribution in [3.05, 3.63) is 82.8 Å². The van der Waals surface area contributed by atoms with Crippen LogP contribution in [0, 0.1) is 11.6 Å². The van der Waals surface area contributed by atoms with Crippen molar-refractivity contribution in [3.8, 4) is 0 Å². The van der Waals surface area contributed by atoms with E-state index in [1.165, 1.54) is 53.1 Å². The fourth-order valence-corrected chi connectivity index (χ4v) is 4.56. The van der Waals surface area contributed by atoms with Crippen LogP contribution in [-0.2, 0) is 22.7 Å². The minimum atomic E-state index is -0.570. The molecule has 2 aromatic carbocycles. The van der Waals surface area contributed by atoms with Crippen molar-refractivity contribution in [2.45, 2.75) is 24.4 Å². The van der Waals surface area contributed by atoms with Crippen molar-refractivity contribution >= 4 is 29.6 Å². The Morgan fingerprint density at radius 1 is 0.968 bits per heavy atom. The van der Waals surface area contributed by atoms with Crippen LogP contribution in [0.2, 0.25) is 0 Å². The van der Waals surface area contributed by atoms with Crippen molar-refractivity contribution < 1.29 is 23.2 Å². The average Bonchev–Trinajstić information content (AvgIpc) is 3.25. The van der Waals surface area contributed by atoms with Crippen molar-refractivity contribution in [1.82, 2.24) is 15.1 Å². The number of hydrogen-bond acceptors (Lipinski definition) is 4. The predicted octanol–water partition coefficient (Wildman–Crippen LogP) is 3.04. The lowest BCUT2D eigenvalue weighted by Crippen LogP contribution is -2.62. The minimum Gasteiger partial charge on any atom is -0.350 e. The maximum Gasteiger partial charge on any atom is 0.328 e. The zero-order valence-corrected chi connectivity index (χ0v) is 17.1. The van der Waals surface area contributed by atoms with E-state index in [0.717, 1.165) is 10.5 Å². The number of nitrogens with zero attached hydrogens (tertiary/aromatic N) is 2. The Kier molecular flexibility index (Phi) is 6.03. The first-order valence-corrected chi connectivity index (χ1v) is 10.6. The predicted molar refractivity (Wildman–Crippen MR) is 112 cm³/mol. The SMILES string of the molecule is O=C(CN1C(=O)N(Cc2ccc(F)cc2)C(=O)C2SC=CC21)NCc1ccc(F)cc1. The van der Waals surface area contributed by atoms with Crippen LogP contribution in [0.25, 0.3) is 0 Å². The molecular weight excluding hydrogens is 424 g/mol. The van der Waals surface area contributed by atoms with E-state index < -0.39 is 29.0 Å². The number of halogens is 2. The second-order valence-corrected chi connectivity index (χ2v) is 8.29. The van der Waals surface area contributed by atoms with Crippen molar-refractivity contribution in [2.75, 3.05) is 6.54 Å². The van der Waals surface area contributed by atoms with E-state index in [1.807, 2.05) is 0 Å². The summed E-state index contributed by atoms with van der Waals surface area (Å²) in [6, 6.07) is 10.2. The van der Waals surface area contributed by atoms with Gasteiger partial charge in [-0.1, -0.05) is 30.3 Å². The Morgan fingerprint density at radius 3 is 2.23 bits per heavy atom. The molecule has 9 heteroatoms. The summed E-state index contributed by atoms with van der Waals surface area (Å²) in [5, 5.41) is 3.95. The monoisotopic (exact) mass is 443 g/mol. The average molecular weight is 443 g/mol. The van der Waals surface area contributed by atoms with E-state index in [9.17, 15) is 23.2 Å². The fourth-order valence-electron chi connectivity index (χ4n) is 3.50. The molecule has 0 bridgehead atoms. The highest BCUT2D eigenvalue weighted by Gasteiger charge is 2.47. The van der Waals surface area contributed by atoms with Gasteiger partial charge in [0.05, 0.1) is 12.6 Å². The van der Waals surface area contributed by atoms with Crippen molar-refractivity contribution in [1.29, 1.82) is 0 Å². The molecule has 2 unspecified atom stereocenters. The van der Waals surface area contributed by atoms with Gasteiger partial charge in [-0.3, -0.25) is 14.5 Å². The molecule has 31 heavy (non-hydrogen) atoms. The van der Waals surface area contributed by atoms with Crippen LogP contribution < -0.4 is 5.32 Å². The Hall–Kier alpha value is -3.20. The molecule has 6 nitrogen and oxygen atoms in total. The van der Waals surface area contributed by atoms with Gasteiger partial charge in [0.2, 0.25) is 11.8 Å². The van der Waals surface area contributed by atoms with E-state index in [0.29, 0.717) is 5.56 Å². The second-order valence-electron chi connectivity index (χ2n) is 7.24. The molecule has 2 atom stereocenters. The molecule has 2 aliphatic heterocycles. The molecule has 2 aliphatic rings. The van der Waals surface area contributed by atoms with Crippen LogP contribution in [0.15, 0.2) is 60.0 Å². The quantitative estimate of drug-likeness (QED) is 0.745. The molecule has 0 radical (unpaired) electrons. The zero-order valence-electron chi connectivity index (χ0n) is 16.3. The van der Waals surface area contributed by atoms with E-state index in [1.54, 1.807) is 23.6 Å². The van der Waals surface area contributed by atoms with Gasteiger partial charge >= 0.3 is 6.03 Å². The molecule has 4 rings (SSSR count). The highest BCUT2D eigenvalue weighted by Crippen LogP contribution is 2.34. The molecule has 0 spiro atoms. The first kappa shape index (κ1) is 21.0. The maximum atomic E-state index is 13.2. The third kappa shape index (κ3) is 4.61. The van der Waals surface area contributed by atoms with Crippen LogP contribution in [0.1, 0.15) is 11.1 Å². The number of imide groups is 1. The topological polar surface area (TPSA) is 69.7 Å². The summed E-state index contributed by atoms with van der Waals surface area (Å²) in [5.74, 6) is -1.50. The molecule has 2 aromatic rings. The summed E-state index contributed by atoms with van der Waals surface area (Å²) in [4.78, 5) is 40.9. The van der Waals surface area contributed by atoms with Crippen LogP contribution in [0.5, 0.6) is 0 Å². The molecule has 1 fully saturated rings. The van der Waals surface area contributed by atoms with Gasteiger partial charge in [0, 0.05) is 6.54 Å². The van der Waals surface area contributed by atoms with Gasteiger partial charge in [0.15, 0.2) is 0 Å². The molecule has 160 valence electrons. The Labute approximate surface area is 181 Å². The number of carbonyl (C=O) groups excluding carboxylic acids is 3. The summed E-state index contributed by atoms with van der Waals surface area (Å²) < 4.78 is 26.2. The summed E-state index contributed by atoms with van der Waals surface area (Å²) in [6.07, 6.45) is 1.74. The largest absolute Gasteiger partial charge is 0.350 e. The third-order valence-electron chi connectivity index (χ3n) is 5.13. The molecule has 1 saturated heterocycles. The van der Waals surface area contributed by atoms with Gasteiger partial charge in [-0.25, -0.2) is 13.6 Å².